The first-order valence-electron chi connectivity index (χ1n) is 6.97. The van der Waals surface area contributed by atoms with Crippen LogP contribution in [0.5, 0.6) is 5.88 Å². The highest BCUT2D eigenvalue weighted by atomic mass is 16.3. The molecule has 2 heterocycles. The van der Waals surface area contributed by atoms with Crippen molar-refractivity contribution in [3.05, 3.63) is 17.5 Å². The van der Waals surface area contributed by atoms with Gasteiger partial charge >= 0.3 is 0 Å². The molecule has 0 radical (unpaired) electrons. The van der Waals surface area contributed by atoms with Gasteiger partial charge in [0.25, 0.3) is 0 Å². The Labute approximate surface area is 112 Å². The van der Waals surface area contributed by atoms with Crippen LogP contribution in [0.25, 0.3) is 11.3 Å². The molecule has 2 aromatic rings. The molecule has 1 aliphatic rings. The van der Waals surface area contributed by atoms with Gasteiger partial charge in [0.15, 0.2) is 0 Å². The molecule has 1 fully saturated rings. The molecule has 0 saturated heterocycles. The van der Waals surface area contributed by atoms with Crippen LogP contribution in [0.4, 0.5) is 0 Å². The van der Waals surface area contributed by atoms with E-state index in [-0.39, 0.29) is 5.88 Å². The average molecular weight is 260 g/mol. The van der Waals surface area contributed by atoms with Crippen molar-refractivity contribution in [2.75, 3.05) is 0 Å². The Hall–Kier alpha value is -1.78. The van der Waals surface area contributed by atoms with Crippen LogP contribution in [0.3, 0.4) is 0 Å². The summed E-state index contributed by atoms with van der Waals surface area (Å²) in [5, 5.41) is 22.1. The maximum atomic E-state index is 10.5. The van der Waals surface area contributed by atoms with Gasteiger partial charge < -0.3 is 5.11 Å². The Kier molecular flexibility index (Phi) is 3.05. The minimum absolute atomic E-state index is 0.271. The van der Waals surface area contributed by atoms with Gasteiger partial charge in [-0.2, -0.15) is 10.2 Å². The first-order valence-corrected chi connectivity index (χ1v) is 6.97. The van der Waals surface area contributed by atoms with Gasteiger partial charge in [-0.15, -0.1) is 0 Å². The third-order valence-corrected chi connectivity index (χ3v) is 3.96. The summed E-state index contributed by atoms with van der Waals surface area (Å²) in [6, 6.07) is 2.28. The van der Waals surface area contributed by atoms with Crippen molar-refractivity contribution in [2.45, 2.75) is 52.0 Å². The molecule has 3 rings (SSSR count). The molecule has 0 atom stereocenters. The van der Waals surface area contributed by atoms with Crippen LogP contribution in [0, 0.1) is 13.8 Å². The average Bonchev–Trinajstić information content (AvgIpc) is 2.95. The number of aromatic amines is 1. The predicted molar refractivity (Wildman–Crippen MR) is 73.1 cm³/mol. The number of hydrogen-bond donors (Lipinski definition) is 2. The summed E-state index contributed by atoms with van der Waals surface area (Å²) >= 11 is 0. The van der Waals surface area contributed by atoms with E-state index in [1.54, 1.807) is 4.68 Å². The van der Waals surface area contributed by atoms with E-state index < -0.39 is 0 Å². The molecule has 5 nitrogen and oxygen atoms in total. The summed E-state index contributed by atoms with van der Waals surface area (Å²) in [6.07, 6.45) is 5.96. The van der Waals surface area contributed by atoms with Gasteiger partial charge in [-0.3, -0.25) is 5.10 Å². The van der Waals surface area contributed by atoms with Crippen molar-refractivity contribution < 1.29 is 5.11 Å². The molecule has 1 saturated carbocycles. The Bertz CT molecular complexity index is 578. The van der Waals surface area contributed by atoms with E-state index in [4.69, 9.17) is 0 Å². The summed E-state index contributed by atoms with van der Waals surface area (Å²) in [7, 11) is 0. The van der Waals surface area contributed by atoms with Crippen molar-refractivity contribution in [1.82, 2.24) is 20.0 Å². The van der Waals surface area contributed by atoms with E-state index in [9.17, 15) is 5.11 Å². The minimum atomic E-state index is 0.271. The Balaban J connectivity index is 2.00. The molecule has 0 amide bonds. The Morgan fingerprint density at radius 1 is 1.26 bits per heavy atom. The minimum Gasteiger partial charge on any atom is -0.493 e. The number of hydrogen-bond acceptors (Lipinski definition) is 3. The summed E-state index contributed by atoms with van der Waals surface area (Å²) in [5.74, 6) is 0.271. The van der Waals surface area contributed by atoms with Crippen molar-refractivity contribution in [3.8, 4) is 17.1 Å². The zero-order valence-electron chi connectivity index (χ0n) is 11.5. The second-order valence-electron chi connectivity index (χ2n) is 5.44. The second-order valence-corrected chi connectivity index (χ2v) is 5.44. The van der Waals surface area contributed by atoms with E-state index in [0.717, 1.165) is 35.5 Å². The molecule has 1 aliphatic carbocycles. The van der Waals surface area contributed by atoms with Gasteiger partial charge in [-0.05, 0) is 32.8 Å². The van der Waals surface area contributed by atoms with E-state index >= 15 is 0 Å². The topological polar surface area (TPSA) is 66.7 Å². The summed E-state index contributed by atoms with van der Waals surface area (Å²) in [6.45, 7) is 3.86. The Morgan fingerprint density at radius 2 is 2.00 bits per heavy atom. The number of aromatic nitrogens is 4. The molecule has 5 heteroatoms. The molecule has 19 heavy (non-hydrogen) atoms. The van der Waals surface area contributed by atoms with Gasteiger partial charge in [0.2, 0.25) is 5.88 Å². The fraction of sp³-hybridized carbons (Fsp3) is 0.571. The molecule has 0 aliphatic heterocycles. The van der Waals surface area contributed by atoms with Crippen LogP contribution in [0.2, 0.25) is 0 Å². The fourth-order valence-electron chi connectivity index (χ4n) is 2.98. The molecule has 102 valence electrons. The monoisotopic (exact) mass is 260 g/mol. The van der Waals surface area contributed by atoms with Gasteiger partial charge in [0.05, 0.1) is 28.7 Å². The third-order valence-electron chi connectivity index (χ3n) is 3.96. The molecule has 2 aromatic heterocycles. The van der Waals surface area contributed by atoms with E-state index in [0.29, 0.717) is 6.04 Å². The zero-order chi connectivity index (χ0) is 13.4. The molecule has 0 spiro atoms. The second kappa shape index (κ2) is 4.72. The standard InChI is InChI=1S/C14H20N4O/c1-9-8-12(16-15-9)13-10(2)17-18(14(13)19)11-6-4-3-5-7-11/h8,11,19H,3-7H2,1-2H3,(H,15,16). The molecule has 0 unspecified atom stereocenters. The maximum Gasteiger partial charge on any atom is 0.219 e. The smallest absolute Gasteiger partial charge is 0.219 e. The molecule has 0 aromatic carbocycles. The molecular weight excluding hydrogens is 240 g/mol. The van der Waals surface area contributed by atoms with E-state index in [1.807, 2.05) is 19.9 Å². The number of nitrogens with zero attached hydrogens (tertiary/aromatic N) is 3. The molecule has 2 N–H and O–H groups in total. The zero-order valence-corrected chi connectivity index (χ0v) is 11.5. The van der Waals surface area contributed by atoms with Crippen LogP contribution < -0.4 is 0 Å². The lowest BCUT2D eigenvalue weighted by Gasteiger charge is -2.22. The van der Waals surface area contributed by atoms with Crippen molar-refractivity contribution >= 4 is 0 Å². The number of aromatic hydroxyl groups is 1. The van der Waals surface area contributed by atoms with E-state index in [1.165, 1.54) is 19.3 Å². The van der Waals surface area contributed by atoms with Crippen LogP contribution >= 0.6 is 0 Å². The van der Waals surface area contributed by atoms with Crippen molar-refractivity contribution in [3.63, 3.8) is 0 Å². The Morgan fingerprint density at radius 3 is 2.63 bits per heavy atom. The highest BCUT2D eigenvalue weighted by Gasteiger charge is 2.24. The number of nitrogens with one attached hydrogen (secondary N) is 1. The quantitative estimate of drug-likeness (QED) is 0.872. The number of aryl methyl sites for hydroxylation is 2. The van der Waals surface area contributed by atoms with Crippen LogP contribution in [0.1, 0.15) is 49.5 Å². The summed E-state index contributed by atoms with van der Waals surface area (Å²) < 4.78 is 1.81. The van der Waals surface area contributed by atoms with E-state index in [2.05, 4.69) is 15.3 Å². The van der Waals surface area contributed by atoms with Crippen LogP contribution in [0.15, 0.2) is 6.07 Å². The SMILES string of the molecule is Cc1cc(-c2c(C)nn(C3CCCCC3)c2O)[nH]n1. The molecule has 0 bridgehead atoms. The lowest BCUT2D eigenvalue weighted by atomic mass is 9.96. The van der Waals surface area contributed by atoms with Crippen LogP contribution in [-0.2, 0) is 0 Å². The van der Waals surface area contributed by atoms with Gasteiger partial charge in [0, 0.05) is 0 Å². The molecular formula is C14H20N4O. The number of rotatable bonds is 2. The highest BCUT2D eigenvalue weighted by Crippen LogP contribution is 2.37. The maximum absolute atomic E-state index is 10.5. The van der Waals surface area contributed by atoms with Crippen molar-refractivity contribution in [2.24, 2.45) is 0 Å². The van der Waals surface area contributed by atoms with Crippen molar-refractivity contribution in [1.29, 1.82) is 0 Å². The fourth-order valence-corrected chi connectivity index (χ4v) is 2.98. The third kappa shape index (κ3) is 2.13. The lowest BCUT2D eigenvalue weighted by molar-refractivity contribution is 0.290. The number of H-pyrrole nitrogens is 1. The summed E-state index contributed by atoms with van der Waals surface area (Å²) in [4.78, 5) is 0. The normalized spacial score (nSPS) is 16.9. The van der Waals surface area contributed by atoms with Gasteiger partial charge in [-0.25, -0.2) is 4.68 Å². The predicted octanol–water partition coefficient (Wildman–Crippen LogP) is 3.10. The first kappa shape index (κ1) is 12.3. The first-order chi connectivity index (χ1) is 9.16. The highest BCUT2D eigenvalue weighted by molar-refractivity contribution is 5.67. The van der Waals surface area contributed by atoms with Gasteiger partial charge in [-0.1, -0.05) is 19.3 Å². The van der Waals surface area contributed by atoms with Crippen LogP contribution in [-0.4, -0.2) is 25.1 Å². The lowest BCUT2D eigenvalue weighted by Crippen LogP contribution is -2.13. The largest absolute Gasteiger partial charge is 0.493 e. The van der Waals surface area contributed by atoms with Gasteiger partial charge in [0.1, 0.15) is 0 Å². The summed E-state index contributed by atoms with van der Waals surface area (Å²) in [5.41, 5.74) is 3.40.